The number of urea groups is 1. The molecule has 1 aliphatic rings. The van der Waals surface area contributed by atoms with Crippen molar-refractivity contribution in [3.8, 4) is 6.07 Å². The Bertz CT molecular complexity index is 589. The summed E-state index contributed by atoms with van der Waals surface area (Å²) < 4.78 is 0. The molecule has 6 heteroatoms. The van der Waals surface area contributed by atoms with E-state index in [4.69, 9.17) is 5.26 Å². The largest absolute Gasteiger partial charge is 0.352 e. The fourth-order valence-electron chi connectivity index (χ4n) is 2.11. The number of carbonyl (C=O) groups is 2. The molecule has 3 amide bonds. The Morgan fingerprint density at radius 3 is 2.95 bits per heavy atom. The van der Waals surface area contributed by atoms with Crippen LogP contribution in [0.25, 0.3) is 0 Å². The van der Waals surface area contributed by atoms with Gasteiger partial charge in [0.15, 0.2) is 0 Å². The molecule has 1 aromatic rings. The number of piperazine rings is 1. The van der Waals surface area contributed by atoms with Gasteiger partial charge in [0, 0.05) is 18.8 Å². The zero-order chi connectivity index (χ0) is 14.8. The van der Waals surface area contributed by atoms with Crippen molar-refractivity contribution in [2.24, 2.45) is 0 Å². The summed E-state index contributed by atoms with van der Waals surface area (Å²) in [6, 6.07) is 8.32. The van der Waals surface area contributed by atoms with Crippen LogP contribution in [0.15, 0.2) is 24.3 Å². The van der Waals surface area contributed by atoms with Gasteiger partial charge < -0.3 is 15.5 Å². The number of benzene rings is 1. The second-order valence-electron chi connectivity index (χ2n) is 5.09. The minimum Gasteiger partial charge on any atom is -0.352 e. The molecule has 6 nitrogen and oxygen atoms in total. The molecule has 0 bridgehead atoms. The topological polar surface area (TPSA) is 85.2 Å². The number of anilines is 1. The standard InChI is InChI=1S/C14H16N4O2/c1-14(2)12(19)16-6-7-18(14)13(20)17-11-5-3-4-10(8-11)9-15/h3-5,8H,6-7H2,1-2H3,(H,16,19)(H,17,20). The minimum atomic E-state index is -0.894. The first-order valence-electron chi connectivity index (χ1n) is 6.32. The molecule has 2 rings (SSSR count). The third kappa shape index (κ3) is 2.57. The predicted octanol–water partition coefficient (Wildman–Crippen LogP) is 1.30. The maximum absolute atomic E-state index is 12.3. The average molecular weight is 272 g/mol. The Labute approximate surface area is 117 Å². The first kappa shape index (κ1) is 13.9. The van der Waals surface area contributed by atoms with Crippen molar-refractivity contribution in [3.63, 3.8) is 0 Å². The molecule has 1 heterocycles. The van der Waals surface area contributed by atoms with Crippen molar-refractivity contribution in [2.45, 2.75) is 19.4 Å². The summed E-state index contributed by atoms with van der Waals surface area (Å²) in [6.45, 7) is 4.29. The molecule has 1 aliphatic heterocycles. The Hall–Kier alpha value is -2.55. The summed E-state index contributed by atoms with van der Waals surface area (Å²) in [5, 5.41) is 14.3. The van der Waals surface area contributed by atoms with E-state index < -0.39 is 5.54 Å². The van der Waals surface area contributed by atoms with Crippen LogP contribution in [0.1, 0.15) is 19.4 Å². The maximum atomic E-state index is 12.3. The lowest BCUT2D eigenvalue weighted by molar-refractivity contribution is -0.132. The van der Waals surface area contributed by atoms with Crippen LogP contribution in [0.5, 0.6) is 0 Å². The van der Waals surface area contributed by atoms with E-state index in [0.29, 0.717) is 24.3 Å². The molecular weight excluding hydrogens is 256 g/mol. The fourth-order valence-corrected chi connectivity index (χ4v) is 2.11. The molecule has 104 valence electrons. The molecule has 0 radical (unpaired) electrons. The highest BCUT2D eigenvalue weighted by molar-refractivity contribution is 5.96. The average Bonchev–Trinajstić information content (AvgIpc) is 2.42. The van der Waals surface area contributed by atoms with Crippen LogP contribution in [-0.2, 0) is 4.79 Å². The van der Waals surface area contributed by atoms with Crippen LogP contribution >= 0.6 is 0 Å². The molecule has 0 saturated carbocycles. The van der Waals surface area contributed by atoms with Crippen molar-refractivity contribution in [1.82, 2.24) is 10.2 Å². The van der Waals surface area contributed by atoms with Crippen molar-refractivity contribution in [3.05, 3.63) is 29.8 Å². The first-order valence-corrected chi connectivity index (χ1v) is 6.32. The number of nitriles is 1. The number of carbonyl (C=O) groups excluding carboxylic acids is 2. The second kappa shape index (κ2) is 5.21. The zero-order valence-corrected chi connectivity index (χ0v) is 11.4. The third-order valence-corrected chi connectivity index (χ3v) is 3.34. The smallest absolute Gasteiger partial charge is 0.322 e. The second-order valence-corrected chi connectivity index (χ2v) is 5.09. The lowest BCUT2D eigenvalue weighted by Crippen LogP contribution is -2.64. The summed E-state index contributed by atoms with van der Waals surface area (Å²) in [4.78, 5) is 25.6. The van der Waals surface area contributed by atoms with Gasteiger partial charge in [0.1, 0.15) is 5.54 Å². The van der Waals surface area contributed by atoms with E-state index in [-0.39, 0.29) is 11.9 Å². The van der Waals surface area contributed by atoms with Crippen LogP contribution in [0.3, 0.4) is 0 Å². The molecule has 1 fully saturated rings. The highest BCUT2D eigenvalue weighted by Gasteiger charge is 2.40. The summed E-state index contributed by atoms with van der Waals surface area (Å²) in [7, 11) is 0. The highest BCUT2D eigenvalue weighted by atomic mass is 16.2. The summed E-state index contributed by atoms with van der Waals surface area (Å²) in [5.41, 5.74) is 0.115. The van der Waals surface area contributed by atoms with Gasteiger partial charge in [0.05, 0.1) is 11.6 Å². The van der Waals surface area contributed by atoms with Crippen LogP contribution < -0.4 is 10.6 Å². The molecule has 0 atom stereocenters. The quantitative estimate of drug-likeness (QED) is 0.808. The van der Waals surface area contributed by atoms with Crippen LogP contribution in [-0.4, -0.2) is 35.5 Å². The van der Waals surface area contributed by atoms with Gasteiger partial charge in [-0.15, -0.1) is 0 Å². The van der Waals surface area contributed by atoms with Crippen molar-refractivity contribution in [1.29, 1.82) is 5.26 Å². The van der Waals surface area contributed by atoms with Crippen molar-refractivity contribution >= 4 is 17.6 Å². The Balaban J connectivity index is 2.15. The van der Waals surface area contributed by atoms with Crippen molar-refractivity contribution < 1.29 is 9.59 Å². The molecular formula is C14H16N4O2. The van der Waals surface area contributed by atoms with E-state index in [1.165, 1.54) is 4.90 Å². The van der Waals surface area contributed by atoms with E-state index in [2.05, 4.69) is 10.6 Å². The van der Waals surface area contributed by atoms with Crippen LogP contribution in [0.4, 0.5) is 10.5 Å². The molecule has 2 N–H and O–H groups in total. The summed E-state index contributed by atoms with van der Waals surface area (Å²) >= 11 is 0. The minimum absolute atomic E-state index is 0.176. The zero-order valence-electron chi connectivity index (χ0n) is 11.4. The van der Waals surface area contributed by atoms with Gasteiger partial charge in [-0.3, -0.25) is 4.79 Å². The number of nitrogens with one attached hydrogen (secondary N) is 2. The molecule has 0 unspecified atom stereocenters. The molecule has 1 aromatic carbocycles. The molecule has 1 saturated heterocycles. The third-order valence-electron chi connectivity index (χ3n) is 3.34. The molecule has 0 aliphatic carbocycles. The lowest BCUT2D eigenvalue weighted by Gasteiger charge is -2.40. The molecule has 0 spiro atoms. The van der Waals surface area contributed by atoms with Gasteiger partial charge in [0.2, 0.25) is 5.91 Å². The van der Waals surface area contributed by atoms with Crippen LogP contribution in [0, 0.1) is 11.3 Å². The number of hydrogen-bond acceptors (Lipinski definition) is 3. The number of nitrogens with zero attached hydrogens (tertiary/aromatic N) is 2. The number of hydrogen-bond donors (Lipinski definition) is 2. The Kier molecular flexibility index (Phi) is 3.61. The van der Waals surface area contributed by atoms with Gasteiger partial charge in [-0.05, 0) is 32.0 Å². The molecule has 20 heavy (non-hydrogen) atoms. The van der Waals surface area contributed by atoms with Gasteiger partial charge in [0.25, 0.3) is 0 Å². The monoisotopic (exact) mass is 272 g/mol. The Morgan fingerprint density at radius 2 is 2.25 bits per heavy atom. The van der Waals surface area contributed by atoms with Gasteiger partial charge >= 0.3 is 6.03 Å². The number of rotatable bonds is 1. The molecule has 0 aromatic heterocycles. The SMILES string of the molecule is CC1(C)C(=O)NCCN1C(=O)Nc1cccc(C#N)c1. The van der Waals surface area contributed by atoms with E-state index >= 15 is 0 Å². The summed E-state index contributed by atoms with van der Waals surface area (Å²) in [5.74, 6) is -0.176. The first-order chi connectivity index (χ1) is 9.45. The predicted molar refractivity (Wildman–Crippen MR) is 74.0 cm³/mol. The summed E-state index contributed by atoms with van der Waals surface area (Å²) in [6.07, 6.45) is 0. The highest BCUT2D eigenvalue weighted by Crippen LogP contribution is 2.19. The van der Waals surface area contributed by atoms with Crippen LogP contribution in [0.2, 0.25) is 0 Å². The fraction of sp³-hybridized carbons (Fsp3) is 0.357. The number of amides is 3. The van der Waals surface area contributed by atoms with E-state index in [1.54, 1.807) is 38.1 Å². The van der Waals surface area contributed by atoms with Crippen molar-refractivity contribution in [2.75, 3.05) is 18.4 Å². The maximum Gasteiger partial charge on any atom is 0.322 e. The lowest BCUT2D eigenvalue weighted by atomic mass is 9.99. The van der Waals surface area contributed by atoms with Gasteiger partial charge in [-0.1, -0.05) is 6.07 Å². The van der Waals surface area contributed by atoms with E-state index in [1.807, 2.05) is 6.07 Å². The van der Waals surface area contributed by atoms with E-state index in [9.17, 15) is 9.59 Å². The van der Waals surface area contributed by atoms with Gasteiger partial charge in [-0.2, -0.15) is 5.26 Å². The van der Waals surface area contributed by atoms with E-state index in [0.717, 1.165) is 0 Å². The van der Waals surface area contributed by atoms with Gasteiger partial charge in [-0.25, -0.2) is 4.79 Å². The normalized spacial score (nSPS) is 17.1. The Morgan fingerprint density at radius 1 is 1.50 bits per heavy atom.